The van der Waals surface area contributed by atoms with E-state index in [1.165, 1.54) is 28.7 Å². The Balaban J connectivity index is 1.36. The van der Waals surface area contributed by atoms with Crippen molar-refractivity contribution in [1.29, 1.82) is 0 Å². The number of benzene rings is 1. The summed E-state index contributed by atoms with van der Waals surface area (Å²) in [6, 6.07) is 10.6. The molecule has 1 saturated heterocycles. The SMILES string of the molecule is Cc1c[nH]c2ncc(-c3cc4c(c(C5CCCN5)c3)CN(C(=O)Nc3cccnc3)C4)cc12. The average Bonchev–Trinajstić information content (AvgIpc) is 3.59. The normalized spacial score (nSPS) is 17.5. The van der Waals surface area contributed by atoms with E-state index in [9.17, 15) is 4.79 Å². The molecular formula is C26H26N6O. The molecule has 0 saturated carbocycles. The molecule has 3 N–H and O–H groups in total. The van der Waals surface area contributed by atoms with Gasteiger partial charge in [-0.05, 0) is 84.5 Å². The Morgan fingerprint density at radius 1 is 1.18 bits per heavy atom. The van der Waals surface area contributed by atoms with Gasteiger partial charge in [-0.3, -0.25) is 4.98 Å². The molecule has 6 rings (SSSR count). The predicted octanol–water partition coefficient (Wildman–Crippen LogP) is 4.91. The molecule has 3 aromatic heterocycles. The smallest absolute Gasteiger partial charge is 0.322 e. The Morgan fingerprint density at radius 2 is 2.12 bits per heavy atom. The lowest BCUT2D eigenvalue weighted by atomic mass is 9.91. The number of fused-ring (bicyclic) bond motifs is 2. The van der Waals surface area contributed by atoms with Gasteiger partial charge in [-0.2, -0.15) is 0 Å². The summed E-state index contributed by atoms with van der Waals surface area (Å²) in [4.78, 5) is 26.8. The predicted molar refractivity (Wildman–Crippen MR) is 129 cm³/mol. The van der Waals surface area contributed by atoms with Crippen molar-refractivity contribution in [3.8, 4) is 11.1 Å². The third kappa shape index (κ3) is 3.64. The molecule has 1 aromatic carbocycles. The van der Waals surface area contributed by atoms with Gasteiger partial charge in [-0.1, -0.05) is 0 Å². The van der Waals surface area contributed by atoms with Gasteiger partial charge in [0.15, 0.2) is 0 Å². The van der Waals surface area contributed by atoms with Gasteiger partial charge in [0.1, 0.15) is 5.65 Å². The molecule has 1 unspecified atom stereocenters. The number of hydrogen-bond donors (Lipinski definition) is 3. The number of aromatic nitrogens is 3. The summed E-state index contributed by atoms with van der Waals surface area (Å²) in [5.41, 5.74) is 8.85. The van der Waals surface area contributed by atoms with Crippen LogP contribution in [0.15, 0.2) is 55.1 Å². The number of urea groups is 1. The van der Waals surface area contributed by atoms with Crippen LogP contribution in [0.3, 0.4) is 0 Å². The molecule has 5 heterocycles. The minimum Gasteiger partial charge on any atom is -0.346 e. The van der Waals surface area contributed by atoms with Crippen molar-refractivity contribution in [2.75, 3.05) is 11.9 Å². The zero-order valence-electron chi connectivity index (χ0n) is 18.6. The van der Waals surface area contributed by atoms with Crippen molar-refractivity contribution in [3.05, 3.63) is 77.4 Å². The molecule has 7 nitrogen and oxygen atoms in total. The first-order chi connectivity index (χ1) is 16.2. The van der Waals surface area contributed by atoms with E-state index in [-0.39, 0.29) is 6.03 Å². The van der Waals surface area contributed by atoms with Crippen LogP contribution in [0, 0.1) is 6.92 Å². The van der Waals surface area contributed by atoms with Gasteiger partial charge in [0, 0.05) is 48.7 Å². The maximum atomic E-state index is 13.0. The molecule has 33 heavy (non-hydrogen) atoms. The van der Waals surface area contributed by atoms with Gasteiger partial charge < -0.3 is 20.5 Å². The quantitative estimate of drug-likeness (QED) is 0.424. The molecule has 4 aromatic rings. The number of carbonyl (C=O) groups excluding carboxylic acids is 1. The molecule has 0 spiro atoms. The highest BCUT2D eigenvalue weighted by Crippen LogP contribution is 2.37. The van der Waals surface area contributed by atoms with Crippen LogP contribution in [0.5, 0.6) is 0 Å². The minimum absolute atomic E-state index is 0.0999. The lowest BCUT2D eigenvalue weighted by molar-refractivity contribution is 0.212. The Hall–Kier alpha value is -3.71. The lowest BCUT2D eigenvalue weighted by Gasteiger charge is -2.18. The van der Waals surface area contributed by atoms with E-state index in [2.05, 4.69) is 50.7 Å². The molecule has 1 fully saturated rings. The summed E-state index contributed by atoms with van der Waals surface area (Å²) in [7, 11) is 0. The number of pyridine rings is 2. The average molecular weight is 439 g/mol. The molecule has 2 aliphatic rings. The second kappa shape index (κ2) is 8.01. The van der Waals surface area contributed by atoms with E-state index in [0.29, 0.717) is 24.8 Å². The fourth-order valence-corrected chi connectivity index (χ4v) is 5.05. The Morgan fingerprint density at radius 3 is 2.94 bits per heavy atom. The van der Waals surface area contributed by atoms with Gasteiger partial charge in [-0.25, -0.2) is 9.78 Å². The number of amides is 2. The third-order valence-corrected chi connectivity index (χ3v) is 6.79. The third-order valence-electron chi connectivity index (χ3n) is 6.79. The summed E-state index contributed by atoms with van der Waals surface area (Å²) in [5, 5.41) is 7.77. The fraction of sp³-hybridized carbons (Fsp3) is 0.269. The van der Waals surface area contributed by atoms with E-state index in [1.807, 2.05) is 29.4 Å². The van der Waals surface area contributed by atoms with Crippen LogP contribution in [-0.2, 0) is 13.1 Å². The topological polar surface area (TPSA) is 85.9 Å². The zero-order chi connectivity index (χ0) is 22.4. The number of aromatic amines is 1. The fourth-order valence-electron chi connectivity index (χ4n) is 5.05. The molecule has 7 heteroatoms. The summed E-state index contributed by atoms with van der Waals surface area (Å²) >= 11 is 0. The van der Waals surface area contributed by atoms with Crippen molar-refractivity contribution >= 4 is 22.8 Å². The van der Waals surface area contributed by atoms with E-state index in [0.717, 1.165) is 35.1 Å². The molecule has 2 amide bonds. The monoisotopic (exact) mass is 438 g/mol. The molecule has 0 bridgehead atoms. The van der Waals surface area contributed by atoms with E-state index >= 15 is 0 Å². The standard InChI is InChI=1S/C26H26N6O/c1-16-11-29-25-21(16)10-18(12-30-25)17-8-19-14-32(26(33)31-20-4-2-6-27-13-20)15-23(19)22(9-17)24-5-3-7-28-24/h2,4,6,8-13,24,28H,3,5,7,14-15H2,1H3,(H,29,30)(H,31,33). The number of nitrogens with zero attached hydrogens (tertiary/aromatic N) is 3. The van der Waals surface area contributed by atoms with Crippen LogP contribution in [0.4, 0.5) is 10.5 Å². The largest absolute Gasteiger partial charge is 0.346 e. The summed E-state index contributed by atoms with van der Waals surface area (Å²) in [6.07, 6.45) is 9.59. The highest BCUT2D eigenvalue weighted by molar-refractivity contribution is 5.90. The second-order valence-electron chi connectivity index (χ2n) is 8.97. The van der Waals surface area contributed by atoms with E-state index in [4.69, 9.17) is 0 Å². The zero-order valence-corrected chi connectivity index (χ0v) is 18.6. The number of rotatable bonds is 3. The van der Waals surface area contributed by atoms with Crippen LogP contribution in [0.25, 0.3) is 22.2 Å². The Kier molecular flexibility index (Phi) is 4.84. The van der Waals surface area contributed by atoms with Gasteiger partial charge in [0.25, 0.3) is 0 Å². The molecule has 1 atom stereocenters. The number of nitrogens with one attached hydrogen (secondary N) is 3. The van der Waals surface area contributed by atoms with E-state index in [1.54, 1.807) is 12.4 Å². The minimum atomic E-state index is -0.0999. The lowest BCUT2D eigenvalue weighted by Crippen LogP contribution is -2.30. The van der Waals surface area contributed by atoms with E-state index < -0.39 is 0 Å². The molecule has 2 aliphatic heterocycles. The summed E-state index contributed by atoms with van der Waals surface area (Å²) in [6.45, 7) is 4.34. The Bertz CT molecular complexity index is 1340. The first-order valence-corrected chi connectivity index (χ1v) is 11.4. The number of aryl methyl sites for hydroxylation is 1. The first kappa shape index (κ1) is 19.9. The Labute approximate surface area is 192 Å². The van der Waals surface area contributed by atoms with Crippen molar-refractivity contribution in [1.82, 2.24) is 25.2 Å². The highest BCUT2D eigenvalue weighted by Gasteiger charge is 2.30. The van der Waals surface area contributed by atoms with Gasteiger partial charge in [-0.15, -0.1) is 0 Å². The van der Waals surface area contributed by atoms with Crippen molar-refractivity contribution in [2.45, 2.75) is 38.9 Å². The van der Waals surface area contributed by atoms with Gasteiger partial charge in [0.05, 0.1) is 11.9 Å². The number of H-pyrrole nitrogens is 1. The maximum Gasteiger partial charge on any atom is 0.322 e. The second-order valence-corrected chi connectivity index (χ2v) is 8.97. The van der Waals surface area contributed by atoms with Crippen LogP contribution in [-0.4, -0.2) is 32.4 Å². The van der Waals surface area contributed by atoms with Gasteiger partial charge in [0.2, 0.25) is 0 Å². The molecule has 0 aliphatic carbocycles. The number of hydrogen-bond acceptors (Lipinski definition) is 4. The molecule has 0 radical (unpaired) electrons. The van der Waals surface area contributed by atoms with Crippen LogP contribution >= 0.6 is 0 Å². The van der Waals surface area contributed by atoms with Crippen molar-refractivity contribution < 1.29 is 4.79 Å². The van der Waals surface area contributed by atoms with Crippen LogP contribution < -0.4 is 10.6 Å². The first-order valence-electron chi connectivity index (χ1n) is 11.4. The van der Waals surface area contributed by atoms with Gasteiger partial charge >= 0.3 is 6.03 Å². The van der Waals surface area contributed by atoms with Crippen LogP contribution in [0.2, 0.25) is 0 Å². The molecular weight excluding hydrogens is 412 g/mol. The number of anilines is 1. The van der Waals surface area contributed by atoms with Crippen molar-refractivity contribution in [3.63, 3.8) is 0 Å². The number of carbonyl (C=O) groups is 1. The maximum absolute atomic E-state index is 13.0. The summed E-state index contributed by atoms with van der Waals surface area (Å²) in [5.74, 6) is 0. The molecule has 166 valence electrons. The highest BCUT2D eigenvalue weighted by atomic mass is 16.2. The summed E-state index contributed by atoms with van der Waals surface area (Å²) < 4.78 is 0. The van der Waals surface area contributed by atoms with Crippen molar-refractivity contribution in [2.24, 2.45) is 0 Å². The van der Waals surface area contributed by atoms with Crippen LogP contribution in [0.1, 0.15) is 41.1 Å².